The summed E-state index contributed by atoms with van der Waals surface area (Å²) in [5.74, 6) is -0.703. The van der Waals surface area contributed by atoms with Crippen molar-refractivity contribution in [3.05, 3.63) is 103 Å². The van der Waals surface area contributed by atoms with Gasteiger partial charge in [0.15, 0.2) is 0 Å². The van der Waals surface area contributed by atoms with Crippen molar-refractivity contribution in [1.82, 2.24) is 15.0 Å². The van der Waals surface area contributed by atoms with Gasteiger partial charge in [0, 0.05) is 18.2 Å². The van der Waals surface area contributed by atoms with Crippen LogP contribution in [-0.2, 0) is 0 Å². The molecule has 1 heterocycles. The standard InChI is InChI=1S/C21H12N6O9/c28-25(29)13-7-1-4-10-16(13)34-19-22-20(35-17-11-5-2-8-14(17)26(30)31)24-21(23-19)36-18-12-6-3-9-15(18)27(32)33/h1-12H. The van der Waals surface area contributed by atoms with Crippen LogP contribution in [0.4, 0.5) is 17.1 Å². The molecule has 0 radical (unpaired) electrons. The van der Waals surface area contributed by atoms with E-state index in [2.05, 4.69) is 15.0 Å². The van der Waals surface area contributed by atoms with Crippen LogP contribution in [0.1, 0.15) is 0 Å². The summed E-state index contributed by atoms with van der Waals surface area (Å²) in [7, 11) is 0. The van der Waals surface area contributed by atoms with Gasteiger partial charge in [-0.3, -0.25) is 30.3 Å². The second-order valence-corrected chi connectivity index (χ2v) is 6.66. The molecule has 0 unspecified atom stereocenters. The monoisotopic (exact) mass is 492 g/mol. The highest BCUT2D eigenvalue weighted by Gasteiger charge is 2.22. The van der Waals surface area contributed by atoms with E-state index >= 15 is 0 Å². The van der Waals surface area contributed by atoms with Crippen molar-refractivity contribution in [2.45, 2.75) is 0 Å². The van der Waals surface area contributed by atoms with Gasteiger partial charge in [-0.25, -0.2) is 0 Å². The molecule has 0 aliphatic rings. The van der Waals surface area contributed by atoms with Crippen LogP contribution in [0.3, 0.4) is 0 Å². The summed E-state index contributed by atoms with van der Waals surface area (Å²) in [5, 5.41) is 34.0. The number of rotatable bonds is 9. The quantitative estimate of drug-likeness (QED) is 0.225. The third-order valence-electron chi connectivity index (χ3n) is 4.36. The third-order valence-corrected chi connectivity index (χ3v) is 4.36. The van der Waals surface area contributed by atoms with E-state index in [1.165, 1.54) is 72.8 Å². The molecule has 0 aliphatic heterocycles. The molecule has 0 saturated carbocycles. The lowest BCUT2D eigenvalue weighted by Crippen LogP contribution is -2.03. The summed E-state index contributed by atoms with van der Waals surface area (Å²) >= 11 is 0. The van der Waals surface area contributed by atoms with Gasteiger partial charge in [0.2, 0.25) is 17.2 Å². The van der Waals surface area contributed by atoms with Gasteiger partial charge < -0.3 is 14.2 Å². The van der Waals surface area contributed by atoms with Crippen LogP contribution in [0.2, 0.25) is 0 Å². The molecule has 4 rings (SSSR count). The van der Waals surface area contributed by atoms with Gasteiger partial charge >= 0.3 is 35.1 Å². The lowest BCUT2D eigenvalue weighted by atomic mass is 10.3. The molecular formula is C21H12N6O9. The Labute approximate surface area is 200 Å². The molecule has 15 nitrogen and oxygen atoms in total. The van der Waals surface area contributed by atoms with Crippen LogP contribution in [0.15, 0.2) is 72.8 Å². The van der Waals surface area contributed by atoms with Crippen molar-refractivity contribution in [1.29, 1.82) is 0 Å². The van der Waals surface area contributed by atoms with Crippen LogP contribution in [0.5, 0.6) is 35.3 Å². The number of nitrogens with zero attached hydrogens (tertiary/aromatic N) is 6. The van der Waals surface area contributed by atoms with E-state index in [9.17, 15) is 30.3 Å². The second kappa shape index (κ2) is 10.0. The van der Waals surface area contributed by atoms with Crippen molar-refractivity contribution in [3.8, 4) is 35.3 Å². The average molecular weight is 492 g/mol. The van der Waals surface area contributed by atoms with Crippen molar-refractivity contribution < 1.29 is 29.0 Å². The minimum atomic E-state index is -0.688. The second-order valence-electron chi connectivity index (χ2n) is 6.66. The first-order valence-electron chi connectivity index (χ1n) is 9.81. The first kappa shape index (κ1) is 23.4. The number of ether oxygens (including phenoxy) is 3. The molecule has 3 aromatic carbocycles. The highest BCUT2D eigenvalue weighted by molar-refractivity contribution is 5.49. The van der Waals surface area contributed by atoms with Crippen molar-refractivity contribution in [3.63, 3.8) is 0 Å². The molecule has 0 atom stereocenters. The molecule has 0 aliphatic carbocycles. The molecule has 36 heavy (non-hydrogen) atoms. The average Bonchev–Trinajstić information content (AvgIpc) is 2.84. The SMILES string of the molecule is O=[N+]([O-])c1ccccc1Oc1nc(Oc2ccccc2[N+](=O)[O-])nc(Oc2ccccc2[N+](=O)[O-])n1. The number of aromatic nitrogens is 3. The van der Waals surface area contributed by atoms with Crippen molar-refractivity contribution in [2.24, 2.45) is 0 Å². The molecule has 0 bridgehead atoms. The summed E-state index contributed by atoms with van der Waals surface area (Å²) in [6.45, 7) is 0. The molecule has 15 heteroatoms. The van der Waals surface area contributed by atoms with Gasteiger partial charge in [0.1, 0.15) is 0 Å². The van der Waals surface area contributed by atoms with Gasteiger partial charge in [-0.1, -0.05) is 36.4 Å². The maximum atomic E-state index is 11.3. The molecule has 180 valence electrons. The van der Waals surface area contributed by atoms with E-state index in [1.54, 1.807) is 0 Å². The Morgan fingerprint density at radius 3 is 0.972 bits per heavy atom. The van der Waals surface area contributed by atoms with Crippen molar-refractivity contribution >= 4 is 17.1 Å². The number of hydrogen-bond acceptors (Lipinski definition) is 12. The predicted octanol–water partition coefficient (Wildman–Crippen LogP) is 4.97. The fourth-order valence-electron chi connectivity index (χ4n) is 2.84. The maximum Gasteiger partial charge on any atom is 0.331 e. The molecule has 0 spiro atoms. The zero-order valence-electron chi connectivity index (χ0n) is 17.8. The number of para-hydroxylation sites is 6. The van der Waals surface area contributed by atoms with Crippen LogP contribution < -0.4 is 14.2 Å². The third kappa shape index (κ3) is 5.25. The Balaban J connectivity index is 1.77. The van der Waals surface area contributed by atoms with Gasteiger partial charge in [-0.2, -0.15) is 0 Å². The first-order chi connectivity index (χ1) is 17.3. The number of benzene rings is 3. The largest absolute Gasteiger partial charge is 0.417 e. The Morgan fingerprint density at radius 1 is 0.472 bits per heavy atom. The molecule has 4 aromatic rings. The lowest BCUT2D eigenvalue weighted by Gasteiger charge is -2.10. The van der Waals surface area contributed by atoms with E-state index < -0.39 is 49.9 Å². The summed E-state index contributed by atoms with van der Waals surface area (Å²) in [6, 6.07) is 14.5. The van der Waals surface area contributed by atoms with E-state index in [-0.39, 0.29) is 17.2 Å². The fourth-order valence-corrected chi connectivity index (χ4v) is 2.84. The number of nitro groups is 3. The molecule has 0 saturated heterocycles. The van der Waals surface area contributed by atoms with Crippen LogP contribution in [0, 0.1) is 30.3 Å². The molecular weight excluding hydrogens is 480 g/mol. The Hall–Kier alpha value is -5.73. The van der Waals surface area contributed by atoms with Gasteiger partial charge in [0.25, 0.3) is 0 Å². The number of nitro benzene ring substituents is 3. The van der Waals surface area contributed by atoms with Crippen LogP contribution >= 0.6 is 0 Å². The Kier molecular flexibility index (Phi) is 6.53. The zero-order chi connectivity index (χ0) is 25.7. The van der Waals surface area contributed by atoms with Crippen molar-refractivity contribution in [2.75, 3.05) is 0 Å². The predicted molar refractivity (Wildman–Crippen MR) is 119 cm³/mol. The summed E-state index contributed by atoms with van der Waals surface area (Å²) in [5.41, 5.74) is -1.21. The van der Waals surface area contributed by atoms with Gasteiger partial charge in [-0.05, 0) is 18.2 Å². The summed E-state index contributed by atoms with van der Waals surface area (Å²) in [6.07, 6.45) is 0. The van der Waals surface area contributed by atoms with E-state index in [0.29, 0.717) is 0 Å². The minimum Gasteiger partial charge on any atom is -0.417 e. The fraction of sp³-hybridized carbons (Fsp3) is 0. The van der Waals surface area contributed by atoms with Crippen LogP contribution in [0.25, 0.3) is 0 Å². The first-order valence-corrected chi connectivity index (χ1v) is 9.81. The van der Waals surface area contributed by atoms with Gasteiger partial charge in [-0.15, -0.1) is 15.0 Å². The molecule has 0 fully saturated rings. The van der Waals surface area contributed by atoms with E-state index in [0.717, 1.165) is 0 Å². The highest BCUT2D eigenvalue weighted by atomic mass is 16.6. The normalized spacial score (nSPS) is 10.3. The van der Waals surface area contributed by atoms with Gasteiger partial charge in [0.05, 0.1) is 14.8 Å². The van der Waals surface area contributed by atoms with E-state index in [4.69, 9.17) is 14.2 Å². The lowest BCUT2D eigenvalue weighted by molar-refractivity contribution is -0.385. The molecule has 1 aromatic heterocycles. The summed E-state index contributed by atoms with van der Waals surface area (Å²) in [4.78, 5) is 43.6. The highest BCUT2D eigenvalue weighted by Crippen LogP contribution is 2.35. The van der Waals surface area contributed by atoms with Crippen LogP contribution in [-0.4, -0.2) is 29.7 Å². The maximum absolute atomic E-state index is 11.3. The Morgan fingerprint density at radius 2 is 0.722 bits per heavy atom. The zero-order valence-corrected chi connectivity index (χ0v) is 17.8. The molecule has 0 amide bonds. The molecule has 0 N–H and O–H groups in total. The number of hydrogen-bond donors (Lipinski definition) is 0. The topological polar surface area (TPSA) is 196 Å². The minimum absolute atomic E-state index is 0.234. The smallest absolute Gasteiger partial charge is 0.331 e. The van der Waals surface area contributed by atoms with E-state index in [1.807, 2.05) is 0 Å². The summed E-state index contributed by atoms with van der Waals surface area (Å²) < 4.78 is 16.4. The Bertz CT molecular complexity index is 1290.